The number of halogens is 3. The highest BCUT2D eigenvalue weighted by molar-refractivity contribution is 7.90. The fourth-order valence-corrected chi connectivity index (χ4v) is 2.02. The Morgan fingerprint density at radius 1 is 1.22 bits per heavy atom. The van der Waals surface area contributed by atoms with Crippen LogP contribution >= 0.6 is 34.8 Å². The summed E-state index contributed by atoms with van der Waals surface area (Å²) < 4.78 is 27.6. The van der Waals surface area contributed by atoms with Gasteiger partial charge in [-0.3, -0.25) is 0 Å². The summed E-state index contributed by atoms with van der Waals surface area (Å²) in [6, 6.07) is 7.32. The highest BCUT2D eigenvalue weighted by Crippen LogP contribution is 2.25. The van der Waals surface area contributed by atoms with Crippen molar-refractivity contribution < 1.29 is 17.9 Å². The van der Waals surface area contributed by atoms with Crippen LogP contribution in [0.25, 0.3) is 0 Å². The van der Waals surface area contributed by atoms with E-state index in [2.05, 4.69) is 4.74 Å². The van der Waals surface area contributed by atoms with Gasteiger partial charge in [-0.1, -0.05) is 53.0 Å². The summed E-state index contributed by atoms with van der Waals surface area (Å²) in [5, 5.41) is 0. The Labute approximate surface area is 119 Å². The largest absolute Gasteiger partial charge is 0.444 e. The minimum Gasteiger partial charge on any atom is -0.444 e. The van der Waals surface area contributed by atoms with Gasteiger partial charge in [0.2, 0.25) is 3.79 Å². The summed E-state index contributed by atoms with van der Waals surface area (Å²) in [4.78, 5) is 11.1. The highest BCUT2D eigenvalue weighted by Gasteiger charge is 2.24. The number of carbonyl (C=O) groups excluding carboxylic acids is 1. The van der Waals surface area contributed by atoms with Crippen molar-refractivity contribution in [1.82, 2.24) is 4.72 Å². The van der Waals surface area contributed by atoms with E-state index < -0.39 is 26.5 Å². The molecule has 1 amide bonds. The Hall–Kier alpha value is -0.690. The number of sulfonamides is 1. The molecule has 1 rings (SSSR count). The zero-order chi connectivity index (χ0) is 13.8. The molecule has 0 spiro atoms. The summed E-state index contributed by atoms with van der Waals surface area (Å²) in [6.45, 7) is -0.562. The second kappa shape index (κ2) is 5.97. The Morgan fingerprint density at radius 2 is 1.78 bits per heavy atom. The van der Waals surface area contributed by atoms with Crippen molar-refractivity contribution in [1.29, 1.82) is 0 Å². The third kappa shape index (κ3) is 5.30. The normalized spacial score (nSPS) is 11.9. The van der Waals surface area contributed by atoms with Crippen molar-refractivity contribution in [3.63, 3.8) is 0 Å². The predicted molar refractivity (Wildman–Crippen MR) is 68.4 cm³/mol. The van der Waals surface area contributed by atoms with Crippen molar-refractivity contribution in [2.24, 2.45) is 0 Å². The maximum Gasteiger partial charge on any atom is 0.421 e. The van der Waals surface area contributed by atoms with Crippen molar-refractivity contribution in [2.45, 2.75) is 8.69 Å². The molecule has 0 fully saturated rings. The second-order valence-corrected chi connectivity index (χ2v) is 7.31. The molecule has 0 bridgehead atoms. The van der Waals surface area contributed by atoms with Gasteiger partial charge in [0, 0.05) is 0 Å². The molecule has 0 aliphatic carbocycles. The van der Waals surface area contributed by atoms with E-state index in [1.54, 1.807) is 10.8 Å². The number of benzene rings is 1. The van der Waals surface area contributed by atoms with Crippen LogP contribution < -0.4 is 4.72 Å². The third-order valence-corrected chi connectivity index (χ3v) is 3.29. The van der Waals surface area contributed by atoms with E-state index in [0.717, 1.165) is 0 Å². The van der Waals surface area contributed by atoms with Gasteiger partial charge in [0.1, 0.15) is 6.61 Å². The van der Waals surface area contributed by atoms with Crippen LogP contribution in [0.2, 0.25) is 0 Å². The number of carbonyl (C=O) groups is 1. The van der Waals surface area contributed by atoms with E-state index >= 15 is 0 Å². The SMILES string of the molecule is O=C(NS(=O)(=O)c1ccccc1)OCC(Cl)(Cl)Cl. The average molecular weight is 333 g/mol. The van der Waals surface area contributed by atoms with Gasteiger partial charge in [-0.25, -0.2) is 17.9 Å². The number of nitrogens with one attached hydrogen (secondary N) is 1. The lowest BCUT2D eigenvalue weighted by atomic mass is 10.4. The molecular weight excluding hydrogens is 325 g/mol. The lowest BCUT2D eigenvalue weighted by Crippen LogP contribution is -2.33. The van der Waals surface area contributed by atoms with E-state index in [4.69, 9.17) is 34.8 Å². The first-order valence-corrected chi connectivity index (χ1v) is 7.14. The second-order valence-electron chi connectivity index (χ2n) is 3.11. The summed E-state index contributed by atoms with van der Waals surface area (Å²) in [6.07, 6.45) is -1.22. The van der Waals surface area contributed by atoms with E-state index in [1.807, 2.05) is 0 Å². The Balaban J connectivity index is 2.65. The molecule has 0 aliphatic rings. The first kappa shape index (κ1) is 15.4. The summed E-state index contributed by atoms with van der Waals surface area (Å²) in [5.74, 6) is 0. The Kier molecular flexibility index (Phi) is 5.10. The zero-order valence-corrected chi connectivity index (χ0v) is 11.9. The van der Waals surface area contributed by atoms with Gasteiger partial charge < -0.3 is 4.74 Å². The lowest BCUT2D eigenvalue weighted by Gasteiger charge is -2.12. The Bertz CT molecular complexity index is 512. The van der Waals surface area contributed by atoms with Crippen LogP contribution in [-0.2, 0) is 14.8 Å². The molecule has 5 nitrogen and oxygen atoms in total. The molecule has 0 saturated carbocycles. The molecule has 1 N–H and O–H groups in total. The van der Waals surface area contributed by atoms with Gasteiger partial charge in [-0.2, -0.15) is 0 Å². The van der Waals surface area contributed by atoms with Crippen LogP contribution in [0.1, 0.15) is 0 Å². The van der Waals surface area contributed by atoms with Gasteiger partial charge in [0.15, 0.2) is 0 Å². The van der Waals surface area contributed by atoms with Crippen LogP contribution in [-0.4, -0.2) is 24.9 Å². The quantitative estimate of drug-likeness (QED) is 0.863. The maximum atomic E-state index is 11.7. The summed E-state index contributed by atoms with van der Waals surface area (Å²) in [5.41, 5.74) is 0. The first-order chi connectivity index (χ1) is 8.21. The molecule has 0 saturated heterocycles. The number of hydrogen-bond donors (Lipinski definition) is 1. The Morgan fingerprint density at radius 3 is 2.28 bits per heavy atom. The minimum atomic E-state index is -3.98. The first-order valence-electron chi connectivity index (χ1n) is 4.52. The molecule has 1 aromatic carbocycles. The van der Waals surface area contributed by atoms with E-state index in [9.17, 15) is 13.2 Å². The average Bonchev–Trinajstić information content (AvgIpc) is 2.26. The number of rotatable bonds is 3. The highest BCUT2D eigenvalue weighted by atomic mass is 35.6. The van der Waals surface area contributed by atoms with Crippen molar-refractivity contribution in [3.05, 3.63) is 30.3 Å². The van der Waals surface area contributed by atoms with Crippen molar-refractivity contribution in [3.8, 4) is 0 Å². The maximum absolute atomic E-state index is 11.7. The van der Waals surface area contributed by atoms with E-state index in [0.29, 0.717) is 0 Å². The standard InChI is InChI=1S/C9H8Cl3NO4S/c10-9(11,12)6-17-8(14)13-18(15,16)7-4-2-1-3-5-7/h1-5H,6H2,(H,13,14). The fraction of sp³-hybridized carbons (Fsp3) is 0.222. The van der Waals surface area contributed by atoms with Crippen molar-refractivity contribution >= 4 is 50.9 Å². The van der Waals surface area contributed by atoms with E-state index in [-0.39, 0.29) is 4.90 Å². The fourth-order valence-electron chi connectivity index (χ4n) is 0.945. The van der Waals surface area contributed by atoms with E-state index in [1.165, 1.54) is 24.3 Å². The molecule has 0 unspecified atom stereocenters. The molecular formula is C9H8Cl3NO4S. The molecule has 0 atom stereocenters. The van der Waals surface area contributed by atoms with Crippen LogP contribution in [0.3, 0.4) is 0 Å². The smallest absolute Gasteiger partial charge is 0.421 e. The predicted octanol–water partition coefficient (Wildman–Crippen LogP) is 2.47. The van der Waals surface area contributed by atoms with Crippen LogP contribution in [0.5, 0.6) is 0 Å². The van der Waals surface area contributed by atoms with Crippen LogP contribution in [0.4, 0.5) is 4.79 Å². The van der Waals surface area contributed by atoms with Gasteiger partial charge in [0.05, 0.1) is 4.90 Å². The third-order valence-electron chi connectivity index (χ3n) is 1.64. The lowest BCUT2D eigenvalue weighted by molar-refractivity contribution is 0.155. The minimum absolute atomic E-state index is 0.0733. The number of amides is 1. The molecule has 0 aliphatic heterocycles. The number of alkyl halides is 3. The van der Waals surface area contributed by atoms with Crippen LogP contribution in [0.15, 0.2) is 35.2 Å². The molecule has 1 aromatic rings. The molecule has 0 radical (unpaired) electrons. The zero-order valence-electron chi connectivity index (χ0n) is 8.77. The van der Waals surface area contributed by atoms with Gasteiger partial charge >= 0.3 is 6.09 Å². The summed E-state index contributed by atoms with van der Waals surface area (Å²) in [7, 11) is -3.98. The van der Waals surface area contributed by atoms with Gasteiger partial charge in [0.25, 0.3) is 10.0 Å². The van der Waals surface area contributed by atoms with Crippen molar-refractivity contribution in [2.75, 3.05) is 6.61 Å². The van der Waals surface area contributed by atoms with Gasteiger partial charge in [-0.15, -0.1) is 0 Å². The molecule has 100 valence electrons. The summed E-state index contributed by atoms with van der Waals surface area (Å²) >= 11 is 16.0. The number of ether oxygens (including phenoxy) is 1. The molecule has 18 heavy (non-hydrogen) atoms. The molecule has 0 heterocycles. The van der Waals surface area contributed by atoms with Crippen LogP contribution in [0, 0.1) is 0 Å². The molecule has 9 heteroatoms. The number of hydrogen-bond acceptors (Lipinski definition) is 4. The molecule has 0 aromatic heterocycles. The topological polar surface area (TPSA) is 72.5 Å². The van der Waals surface area contributed by atoms with Gasteiger partial charge in [-0.05, 0) is 12.1 Å². The monoisotopic (exact) mass is 331 g/mol.